The molecule has 0 atom stereocenters. The van der Waals surface area contributed by atoms with Crippen molar-refractivity contribution < 1.29 is 19.0 Å². The number of aromatic nitrogens is 2. The number of carbonyl (C=O) groups excluding carboxylic acids is 1. The molecule has 0 amide bonds. The van der Waals surface area contributed by atoms with Crippen LogP contribution in [0.1, 0.15) is 30.6 Å². The topological polar surface area (TPSA) is 79.7 Å². The molecule has 0 aliphatic carbocycles. The first-order valence-electron chi connectivity index (χ1n) is 8.07. The van der Waals surface area contributed by atoms with Crippen LogP contribution in [-0.4, -0.2) is 36.6 Å². The number of carbonyl (C=O) groups is 1. The number of ether oxygens (including phenoxy) is 3. The van der Waals surface area contributed by atoms with Gasteiger partial charge in [-0.2, -0.15) is 5.10 Å². The SMILES string of the molecule is CCCn1nc(-c2ccc(OC)c(OC)c2)cc(C(=O)OCC)c1=O. The van der Waals surface area contributed by atoms with Gasteiger partial charge in [0.2, 0.25) is 0 Å². The molecule has 7 heteroatoms. The Morgan fingerprint density at radius 2 is 1.84 bits per heavy atom. The number of methoxy groups -OCH3 is 2. The number of benzene rings is 1. The Morgan fingerprint density at radius 1 is 1.12 bits per heavy atom. The molecule has 134 valence electrons. The van der Waals surface area contributed by atoms with Gasteiger partial charge in [0.05, 0.1) is 26.5 Å². The van der Waals surface area contributed by atoms with Crippen LogP contribution in [-0.2, 0) is 11.3 Å². The van der Waals surface area contributed by atoms with Gasteiger partial charge in [-0.25, -0.2) is 9.48 Å². The Balaban J connectivity index is 2.61. The van der Waals surface area contributed by atoms with Crippen molar-refractivity contribution in [3.8, 4) is 22.8 Å². The van der Waals surface area contributed by atoms with Crippen LogP contribution < -0.4 is 15.0 Å². The normalized spacial score (nSPS) is 10.4. The highest BCUT2D eigenvalue weighted by atomic mass is 16.5. The molecule has 2 aromatic rings. The maximum absolute atomic E-state index is 12.4. The molecule has 0 saturated carbocycles. The third kappa shape index (κ3) is 3.99. The Kier molecular flexibility index (Phi) is 6.16. The molecule has 0 radical (unpaired) electrons. The highest BCUT2D eigenvalue weighted by Crippen LogP contribution is 2.31. The van der Waals surface area contributed by atoms with Gasteiger partial charge < -0.3 is 14.2 Å². The molecule has 1 heterocycles. The molecule has 0 bridgehead atoms. The third-order valence-corrected chi connectivity index (χ3v) is 3.58. The zero-order valence-corrected chi connectivity index (χ0v) is 14.9. The summed E-state index contributed by atoms with van der Waals surface area (Å²) in [5.74, 6) is 0.466. The van der Waals surface area contributed by atoms with Crippen LogP contribution in [0.4, 0.5) is 0 Å². The lowest BCUT2D eigenvalue weighted by Gasteiger charge is -2.12. The predicted octanol–water partition coefficient (Wildman–Crippen LogP) is 2.51. The fraction of sp³-hybridized carbons (Fsp3) is 0.389. The van der Waals surface area contributed by atoms with Crippen molar-refractivity contribution in [1.29, 1.82) is 0 Å². The van der Waals surface area contributed by atoms with Crippen molar-refractivity contribution in [1.82, 2.24) is 9.78 Å². The number of esters is 1. The van der Waals surface area contributed by atoms with Crippen molar-refractivity contribution in [2.75, 3.05) is 20.8 Å². The zero-order valence-electron chi connectivity index (χ0n) is 14.9. The molecule has 2 rings (SSSR count). The van der Waals surface area contributed by atoms with Crippen LogP contribution in [0.3, 0.4) is 0 Å². The Morgan fingerprint density at radius 3 is 2.44 bits per heavy atom. The van der Waals surface area contributed by atoms with Gasteiger partial charge in [0.1, 0.15) is 5.56 Å². The Bertz CT molecular complexity index is 814. The molecule has 0 unspecified atom stereocenters. The summed E-state index contributed by atoms with van der Waals surface area (Å²) in [6.45, 7) is 4.23. The van der Waals surface area contributed by atoms with Crippen molar-refractivity contribution in [3.05, 3.63) is 40.2 Å². The second-order valence-electron chi connectivity index (χ2n) is 5.26. The van der Waals surface area contributed by atoms with Crippen molar-refractivity contribution in [2.24, 2.45) is 0 Å². The van der Waals surface area contributed by atoms with Gasteiger partial charge in [0.15, 0.2) is 11.5 Å². The van der Waals surface area contributed by atoms with Gasteiger partial charge in [0, 0.05) is 12.1 Å². The molecule has 0 aliphatic rings. The van der Waals surface area contributed by atoms with Gasteiger partial charge in [-0.3, -0.25) is 4.79 Å². The average molecular weight is 346 g/mol. The maximum Gasteiger partial charge on any atom is 0.343 e. The maximum atomic E-state index is 12.4. The molecule has 1 aromatic carbocycles. The molecular weight excluding hydrogens is 324 g/mol. The number of nitrogens with zero attached hydrogens (tertiary/aromatic N) is 2. The van der Waals surface area contributed by atoms with E-state index in [9.17, 15) is 9.59 Å². The van der Waals surface area contributed by atoms with Crippen molar-refractivity contribution in [2.45, 2.75) is 26.8 Å². The summed E-state index contributed by atoms with van der Waals surface area (Å²) in [5.41, 5.74) is 0.699. The smallest absolute Gasteiger partial charge is 0.343 e. The van der Waals surface area contributed by atoms with E-state index in [0.717, 1.165) is 0 Å². The molecule has 1 aromatic heterocycles. The highest BCUT2D eigenvalue weighted by molar-refractivity contribution is 5.90. The summed E-state index contributed by atoms with van der Waals surface area (Å²) >= 11 is 0. The van der Waals surface area contributed by atoms with E-state index in [1.165, 1.54) is 17.9 Å². The van der Waals surface area contributed by atoms with Crippen LogP contribution in [0.2, 0.25) is 0 Å². The number of aryl methyl sites for hydroxylation is 1. The molecule has 0 fully saturated rings. The monoisotopic (exact) mass is 346 g/mol. The first-order chi connectivity index (χ1) is 12.0. The zero-order chi connectivity index (χ0) is 18.4. The van der Waals surface area contributed by atoms with Crippen LogP contribution in [0.15, 0.2) is 29.1 Å². The van der Waals surface area contributed by atoms with Crippen molar-refractivity contribution >= 4 is 5.97 Å². The Hall–Kier alpha value is -2.83. The number of rotatable bonds is 7. The summed E-state index contributed by atoms with van der Waals surface area (Å²) in [5, 5.41) is 4.37. The van der Waals surface area contributed by atoms with Crippen LogP contribution in [0.25, 0.3) is 11.3 Å². The van der Waals surface area contributed by atoms with Gasteiger partial charge in [-0.05, 0) is 37.6 Å². The first-order valence-corrected chi connectivity index (χ1v) is 8.07. The molecule has 0 saturated heterocycles. The lowest BCUT2D eigenvalue weighted by Crippen LogP contribution is -2.29. The lowest BCUT2D eigenvalue weighted by molar-refractivity contribution is 0.0523. The predicted molar refractivity (Wildman–Crippen MR) is 93.3 cm³/mol. The fourth-order valence-electron chi connectivity index (χ4n) is 2.40. The van der Waals surface area contributed by atoms with E-state index in [1.807, 2.05) is 6.92 Å². The molecule has 0 aliphatic heterocycles. The van der Waals surface area contributed by atoms with Crippen LogP contribution in [0.5, 0.6) is 11.5 Å². The molecule has 7 nitrogen and oxygen atoms in total. The van der Waals surface area contributed by atoms with E-state index in [4.69, 9.17) is 14.2 Å². The molecular formula is C18H22N2O5. The summed E-state index contributed by atoms with van der Waals surface area (Å²) in [6, 6.07) is 6.74. The van der Waals surface area contributed by atoms with Crippen LogP contribution in [0, 0.1) is 0 Å². The van der Waals surface area contributed by atoms with Crippen molar-refractivity contribution in [3.63, 3.8) is 0 Å². The quantitative estimate of drug-likeness (QED) is 0.717. The minimum Gasteiger partial charge on any atom is -0.493 e. The van der Waals surface area contributed by atoms with E-state index in [0.29, 0.717) is 35.7 Å². The standard InChI is InChI=1S/C18H22N2O5/c1-5-9-20-17(21)13(18(22)25-6-2)11-14(19-20)12-7-8-15(23-3)16(10-12)24-4/h7-8,10-11H,5-6,9H2,1-4H3. The summed E-state index contributed by atoms with van der Waals surface area (Å²) in [4.78, 5) is 24.6. The summed E-state index contributed by atoms with van der Waals surface area (Å²) in [6.07, 6.45) is 0.713. The minimum atomic E-state index is -0.651. The van der Waals surface area contributed by atoms with Gasteiger partial charge in [-0.15, -0.1) is 0 Å². The summed E-state index contributed by atoms with van der Waals surface area (Å²) < 4.78 is 16.8. The van der Waals surface area contributed by atoms with E-state index in [2.05, 4.69) is 5.10 Å². The summed E-state index contributed by atoms with van der Waals surface area (Å²) in [7, 11) is 3.09. The number of hydrogen-bond acceptors (Lipinski definition) is 6. The van der Waals surface area contributed by atoms with Gasteiger partial charge in [-0.1, -0.05) is 6.92 Å². The largest absolute Gasteiger partial charge is 0.493 e. The molecule has 25 heavy (non-hydrogen) atoms. The fourth-order valence-corrected chi connectivity index (χ4v) is 2.40. The molecule has 0 spiro atoms. The van der Waals surface area contributed by atoms with E-state index in [-0.39, 0.29) is 12.2 Å². The highest BCUT2D eigenvalue weighted by Gasteiger charge is 2.18. The second-order valence-corrected chi connectivity index (χ2v) is 5.26. The molecule has 0 N–H and O–H groups in total. The minimum absolute atomic E-state index is 0.0323. The van der Waals surface area contributed by atoms with E-state index in [1.54, 1.807) is 32.2 Å². The third-order valence-electron chi connectivity index (χ3n) is 3.58. The first kappa shape index (κ1) is 18.5. The van der Waals surface area contributed by atoms with Gasteiger partial charge >= 0.3 is 5.97 Å². The number of hydrogen-bond donors (Lipinski definition) is 0. The lowest BCUT2D eigenvalue weighted by atomic mass is 10.1. The van der Waals surface area contributed by atoms with E-state index >= 15 is 0 Å². The second kappa shape index (κ2) is 8.32. The van der Waals surface area contributed by atoms with E-state index < -0.39 is 11.5 Å². The Labute approximate surface area is 146 Å². The van der Waals surface area contributed by atoms with Crippen LogP contribution >= 0.6 is 0 Å². The average Bonchev–Trinajstić information content (AvgIpc) is 2.63. The van der Waals surface area contributed by atoms with Gasteiger partial charge in [0.25, 0.3) is 5.56 Å².